The zero-order chi connectivity index (χ0) is 18.3. The molecule has 5 nitrogen and oxygen atoms in total. The Labute approximate surface area is 152 Å². The Morgan fingerprint density at radius 3 is 2.46 bits per heavy atom. The third-order valence-corrected chi connectivity index (χ3v) is 6.34. The summed E-state index contributed by atoms with van der Waals surface area (Å²) in [7, 11) is -3.66. The Morgan fingerprint density at radius 1 is 1.04 bits per heavy atom. The van der Waals surface area contributed by atoms with Crippen LogP contribution in [-0.4, -0.2) is 32.8 Å². The van der Waals surface area contributed by atoms with Crippen LogP contribution in [0.5, 0.6) is 5.75 Å². The first-order valence-electron chi connectivity index (χ1n) is 8.39. The highest BCUT2D eigenvalue weighted by molar-refractivity contribution is 7.93. The van der Waals surface area contributed by atoms with Gasteiger partial charge in [0.25, 0.3) is 10.0 Å². The molecule has 0 amide bonds. The van der Waals surface area contributed by atoms with Crippen molar-refractivity contribution in [3.8, 4) is 5.75 Å². The number of hydrogen-bond acceptors (Lipinski definition) is 4. The quantitative estimate of drug-likeness (QED) is 0.750. The third-order valence-electron chi connectivity index (χ3n) is 4.52. The topological polar surface area (TPSA) is 66.8 Å². The summed E-state index contributed by atoms with van der Waals surface area (Å²) < 4.78 is 32.6. The standard InChI is InChI=1S/C20H19NO4S/c1-14-8-10-17(11-9-14)25-13-16(22)12-21-18-6-2-4-15-5-3-7-19(20(15)18)26(21,23)24/h2-11,16,22H,12-13H2,1H3. The van der Waals surface area contributed by atoms with Crippen LogP contribution in [0, 0.1) is 6.92 Å². The number of benzene rings is 3. The maximum atomic E-state index is 12.9. The van der Waals surface area contributed by atoms with E-state index in [1.165, 1.54) is 4.31 Å². The summed E-state index contributed by atoms with van der Waals surface area (Å²) in [4.78, 5) is 0.289. The minimum Gasteiger partial charge on any atom is -0.491 e. The summed E-state index contributed by atoms with van der Waals surface area (Å²) in [6.45, 7) is 1.94. The second-order valence-corrected chi connectivity index (χ2v) is 8.28. The van der Waals surface area contributed by atoms with Crippen molar-refractivity contribution < 1.29 is 18.3 Å². The van der Waals surface area contributed by atoms with Crippen molar-refractivity contribution in [2.45, 2.75) is 17.9 Å². The molecule has 0 bridgehead atoms. The fraction of sp³-hybridized carbons (Fsp3) is 0.200. The summed E-state index contributed by atoms with van der Waals surface area (Å²) in [5.74, 6) is 0.643. The molecule has 134 valence electrons. The first kappa shape index (κ1) is 16.9. The minimum absolute atomic E-state index is 0.0153. The second-order valence-electron chi connectivity index (χ2n) is 6.45. The number of hydrogen-bond donors (Lipinski definition) is 1. The van der Waals surface area contributed by atoms with Crippen LogP contribution < -0.4 is 9.04 Å². The number of rotatable bonds is 5. The zero-order valence-electron chi connectivity index (χ0n) is 14.3. The fourth-order valence-electron chi connectivity index (χ4n) is 3.23. The van der Waals surface area contributed by atoms with Crippen molar-refractivity contribution in [2.24, 2.45) is 0 Å². The molecule has 4 rings (SSSR count). The third kappa shape index (κ3) is 2.81. The lowest BCUT2D eigenvalue weighted by atomic mass is 10.1. The van der Waals surface area contributed by atoms with Crippen LogP contribution in [0.25, 0.3) is 10.8 Å². The molecule has 0 spiro atoms. The molecule has 1 atom stereocenters. The van der Waals surface area contributed by atoms with Gasteiger partial charge in [0.05, 0.1) is 17.1 Å². The lowest BCUT2D eigenvalue weighted by molar-refractivity contribution is 0.115. The molecule has 26 heavy (non-hydrogen) atoms. The smallest absolute Gasteiger partial charge is 0.265 e. The van der Waals surface area contributed by atoms with Crippen LogP contribution >= 0.6 is 0 Å². The van der Waals surface area contributed by atoms with Crippen molar-refractivity contribution in [2.75, 3.05) is 17.5 Å². The van der Waals surface area contributed by atoms with Crippen LogP contribution in [0.1, 0.15) is 5.56 Å². The van der Waals surface area contributed by atoms with E-state index in [1.54, 1.807) is 18.2 Å². The Balaban J connectivity index is 1.55. The number of β-amino-alcohol motifs (C(OH)–C–C–N with tert-alkyl or cyclic N) is 1. The van der Waals surface area contributed by atoms with E-state index in [4.69, 9.17) is 4.74 Å². The van der Waals surface area contributed by atoms with E-state index in [-0.39, 0.29) is 18.0 Å². The Hall–Kier alpha value is -2.57. The van der Waals surface area contributed by atoms with E-state index in [0.717, 1.165) is 10.9 Å². The molecule has 0 aromatic heterocycles. The number of aryl methyl sites for hydroxylation is 1. The minimum atomic E-state index is -3.66. The molecule has 0 fully saturated rings. The highest BCUT2D eigenvalue weighted by Gasteiger charge is 2.36. The van der Waals surface area contributed by atoms with Gasteiger partial charge in [0.1, 0.15) is 18.5 Å². The van der Waals surface area contributed by atoms with Crippen LogP contribution in [0.2, 0.25) is 0 Å². The highest BCUT2D eigenvalue weighted by Crippen LogP contribution is 2.41. The first-order chi connectivity index (χ1) is 12.5. The fourth-order valence-corrected chi connectivity index (χ4v) is 4.97. The van der Waals surface area contributed by atoms with Gasteiger partial charge >= 0.3 is 0 Å². The van der Waals surface area contributed by atoms with Gasteiger partial charge in [-0.3, -0.25) is 4.31 Å². The molecule has 1 unspecified atom stereocenters. The molecule has 1 aliphatic rings. The molecule has 1 N–H and O–H groups in total. The second kappa shape index (κ2) is 6.30. The number of anilines is 1. The van der Waals surface area contributed by atoms with Gasteiger partial charge in [-0.15, -0.1) is 0 Å². The molecule has 6 heteroatoms. The average Bonchev–Trinajstić information content (AvgIpc) is 2.85. The van der Waals surface area contributed by atoms with Crippen molar-refractivity contribution in [3.63, 3.8) is 0 Å². The monoisotopic (exact) mass is 369 g/mol. The Kier molecular flexibility index (Phi) is 4.09. The van der Waals surface area contributed by atoms with E-state index < -0.39 is 16.1 Å². The van der Waals surface area contributed by atoms with Crippen molar-refractivity contribution in [1.29, 1.82) is 0 Å². The molecule has 3 aromatic carbocycles. The lowest BCUT2D eigenvalue weighted by Gasteiger charge is -2.22. The summed E-state index contributed by atoms with van der Waals surface area (Å²) in [5, 5.41) is 11.9. The van der Waals surface area contributed by atoms with Gasteiger partial charge in [-0.25, -0.2) is 8.42 Å². The lowest BCUT2D eigenvalue weighted by Crippen LogP contribution is -2.37. The van der Waals surface area contributed by atoms with Crippen LogP contribution in [-0.2, 0) is 10.0 Å². The van der Waals surface area contributed by atoms with E-state index in [1.807, 2.05) is 49.4 Å². The predicted octanol–water partition coefficient (Wildman–Crippen LogP) is 3.10. The van der Waals surface area contributed by atoms with Gasteiger partial charge in [0.15, 0.2) is 0 Å². The number of ether oxygens (including phenoxy) is 1. The van der Waals surface area contributed by atoms with E-state index in [2.05, 4.69) is 0 Å². The summed E-state index contributed by atoms with van der Waals surface area (Å²) >= 11 is 0. The number of sulfonamides is 1. The van der Waals surface area contributed by atoms with Crippen molar-refractivity contribution in [1.82, 2.24) is 0 Å². The van der Waals surface area contributed by atoms with Crippen LogP contribution in [0.4, 0.5) is 5.69 Å². The van der Waals surface area contributed by atoms with Gasteiger partial charge < -0.3 is 9.84 Å². The van der Waals surface area contributed by atoms with Gasteiger partial charge in [0, 0.05) is 5.39 Å². The molecule has 3 aromatic rings. The number of aliphatic hydroxyl groups excluding tert-OH is 1. The first-order valence-corrected chi connectivity index (χ1v) is 9.83. The van der Waals surface area contributed by atoms with E-state index in [9.17, 15) is 13.5 Å². The van der Waals surface area contributed by atoms with Gasteiger partial charge in [0.2, 0.25) is 0 Å². The molecule has 0 aliphatic carbocycles. The molecule has 0 radical (unpaired) electrons. The van der Waals surface area contributed by atoms with E-state index in [0.29, 0.717) is 16.8 Å². The molecular weight excluding hydrogens is 350 g/mol. The normalized spacial score (nSPS) is 16.0. The number of aliphatic hydroxyl groups is 1. The molecule has 1 aliphatic heterocycles. The molecule has 1 heterocycles. The highest BCUT2D eigenvalue weighted by atomic mass is 32.2. The Bertz CT molecular complexity index is 1060. The van der Waals surface area contributed by atoms with E-state index >= 15 is 0 Å². The molecular formula is C20H19NO4S. The van der Waals surface area contributed by atoms with Gasteiger partial charge in [-0.1, -0.05) is 42.0 Å². The number of nitrogens with zero attached hydrogens (tertiary/aromatic N) is 1. The zero-order valence-corrected chi connectivity index (χ0v) is 15.1. The molecule has 0 saturated carbocycles. The SMILES string of the molecule is Cc1ccc(OCC(O)CN2c3cccc4cccc(c34)S2(=O)=O)cc1. The van der Waals surface area contributed by atoms with Gasteiger partial charge in [-0.2, -0.15) is 0 Å². The summed E-state index contributed by atoms with van der Waals surface area (Å²) in [5.41, 5.74) is 1.72. The largest absolute Gasteiger partial charge is 0.491 e. The molecule has 0 saturated heterocycles. The van der Waals surface area contributed by atoms with Crippen LogP contribution in [0.15, 0.2) is 65.6 Å². The summed E-state index contributed by atoms with van der Waals surface area (Å²) in [6, 6.07) is 18.2. The Morgan fingerprint density at radius 2 is 1.73 bits per heavy atom. The van der Waals surface area contributed by atoms with Crippen LogP contribution in [0.3, 0.4) is 0 Å². The van der Waals surface area contributed by atoms with Crippen molar-refractivity contribution in [3.05, 3.63) is 66.2 Å². The van der Waals surface area contributed by atoms with Gasteiger partial charge in [-0.05, 0) is 36.6 Å². The predicted molar refractivity (Wildman–Crippen MR) is 101 cm³/mol. The summed E-state index contributed by atoms with van der Waals surface area (Å²) in [6.07, 6.45) is -0.948. The maximum absolute atomic E-state index is 12.9. The van der Waals surface area contributed by atoms with Crippen molar-refractivity contribution >= 4 is 26.5 Å². The maximum Gasteiger partial charge on any atom is 0.265 e. The average molecular weight is 369 g/mol.